The topological polar surface area (TPSA) is 56.5 Å². The van der Waals surface area contributed by atoms with Gasteiger partial charge in [0.05, 0.1) is 24.6 Å². The maximum atomic E-state index is 9.40. The largest absolute Gasteiger partial charge is 0.493 e. The summed E-state index contributed by atoms with van der Waals surface area (Å²) in [6.45, 7) is 5.01. The van der Waals surface area contributed by atoms with Crippen molar-refractivity contribution in [2.75, 3.05) is 6.61 Å². The quantitative estimate of drug-likeness (QED) is 0.851. The SMILES string of the molecule is CCCOc1ccc(CO)c(OCc2cc(C)nn2C)c1. The van der Waals surface area contributed by atoms with E-state index in [-0.39, 0.29) is 6.61 Å². The summed E-state index contributed by atoms with van der Waals surface area (Å²) in [5.74, 6) is 1.40. The van der Waals surface area contributed by atoms with E-state index in [0.717, 1.165) is 29.1 Å². The molecular formula is C16H22N2O3. The Hall–Kier alpha value is -2.01. The van der Waals surface area contributed by atoms with E-state index >= 15 is 0 Å². The molecule has 0 aliphatic rings. The summed E-state index contributed by atoms with van der Waals surface area (Å²) in [4.78, 5) is 0. The summed E-state index contributed by atoms with van der Waals surface area (Å²) in [7, 11) is 1.89. The predicted molar refractivity (Wildman–Crippen MR) is 80.4 cm³/mol. The summed E-state index contributed by atoms with van der Waals surface area (Å²) in [6, 6.07) is 7.48. The van der Waals surface area contributed by atoms with Gasteiger partial charge in [-0.2, -0.15) is 5.10 Å². The van der Waals surface area contributed by atoms with Crippen molar-refractivity contribution in [3.63, 3.8) is 0 Å². The van der Waals surface area contributed by atoms with E-state index in [0.29, 0.717) is 19.0 Å². The predicted octanol–water partition coefficient (Wildman–Crippen LogP) is 2.59. The minimum absolute atomic E-state index is 0.0617. The first-order valence-corrected chi connectivity index (χ1v) is 7.13. The lowest BCUT2D eigenvalue weighted by Gasteiger charge is -2.12. The van der Waals surface area contributed by atoms with Crippen LogP contribution in [0.25, 0.3) is 0 Å². The highest BCUT2D eigenvalue weighted by atomic mass is 16.5. The molecule has 1 N–H and O–H groups in total. The fraction of sp³-hybridized carbons (Fsp3) is 0.438. The van der Waals surface area contributed by atoms with Crippen LogP contribution in [0, 0.1) is 6.92 Å². The highest BCUT2D eigenvalue weighted by Crippen LogP contribution is 2.26. The number of aryl methyl sites for hydroxylation is 2. The zero-order chi connectivity index (χ0) is 15.2. The third-order valence-electron chi connectivity index (χ3n) is 3.16. The normalized spacial score (nSPS) is 10.7. The van der Waals surface area contributed by atoms with Crippen molar-refractivity contribution in [2.24, 2.45) is 7.05 Å². The van der Waals surface area contributed by atoms with Crippen LogP contribution >= 0.6 is 0 Å². The Balaban J connectivity index is 2.11. The molecule has 0 aliphatic carbocycles. The van der Waals surface area contributed by atoms with Crippen LogP contribution in [0.15, 0.2) is 24.3 Å². The van der Waals surface area contributed by atoms with Gasteiger partial charge in [0.1, 0.15) is 18.1 Å². The fourth-order valence-electron chi connectivity index (χ4n) is 2.06. The van der Waals surface area contributed by atoms with Gasteiger partial charge in [0.15, 0.2) is 0 Å². The Morgan fingerprint density at radius 3 is 2.67 bits per heavy atom. The Bertz CT molecular complexity index is 593. The summed E-state index contributed by atoms with van der Waals surface area (Å²) in [6.07, 6.45) is 0.951. The maximum Gasteiger partial charge on any atom is 0.130 e. The molecule has 0 radical (unpaired) electrons. The molecule has 0 amide bonds. The number of hydrogen-bond donors (Lipinski definition) is 1. The number of hydrogen-bond acceptors (Lipinski definition) is 4. The molecule has 0 aliphatic heterocycles. The monoisotopic (exact) mass is 290 g/mol. The number of benzene rings is 1. The van der Waals surface area contributed by atoms with E-state index in [1.165, 1.54) is 0 Å². The Kier molecular flexibility index (Phi) is 5.22. The molecule has 1 aromatic heterocycles. The van der Waals surface area contributed by atoms with Crippen LogP contribution in [0.3, 0.4) is 0 Å². The van der Waals surface area contributed by atoms with Crippen molar-refractivity contribution in [2.45, 2.75) is 33.5 Å². The van der Waals surface area contributed by atoms with Crippen molar-refractivity contribution in [1.29, 1.82) is 0 Å². The summed E-state index contributed by atoms with van der Waals surface area (Å²) in [5, 5.41) is 13.7. The van der Waals surface area contributed by atoms with Gasteiger partial charge in [-0.1, -0.05) is 6.92 Å². The number of aliphatic hydroxyl groups excluding tert-OH is 1. The molecule has 1 heterocycles. The van der Waals surface area contributed by atoms with Crippen LogP contribution in [0.5, 0.6) is 11.5 Å². The standard InChI is InChI=1S/C16H22N2O3/c1-4-7-20-15-6-5-13(10-19)16(9-15)21-11-14-8-12(2)17-18(14)3/h5-6,8-9,19H,4,7,10-11H2,1-3H3. The van der Waals surface area contributed by atoms with Gasteiger partial charge in [0.25, 0.3) is 0 Å². The first kappa shape index (κ1) is 15.4. The molecule has 2 aromatic rings. The molecule has 0 spiro atoms. The van der Waals surface area contributed by atoms with Crippen molar-refractivity contribution in [3.8, 4) is 11.5 Å². The van der Waals surface area contributed by atoms with Crippen LogP contribution in [-0.2, 0) is 20.3 Å². The molecule has 0 bridgehead atoms. The number of nitrogens with zero attached hydrogens (tertiary/aromatic N) is 2. The fourth-order valence-corrected chi connectivity index (χ4v) is 2.06. The third kappa shape index (κ3) is 3.98. The zero-order valence-corrected chi connectivity index (χ0v) is 12.8. The number of aliphatic hydroxyl groups is 1. The van der Waals surface area contributed by atoms with Crippen LogP contribution in [0.4, 0.5) is 0 Å². The molecular weight excluding hydrogens is 268 g/mol. The number of aromatic nitrogens is 2. The summed E-state index contributed by atoms with van der Waals surface area (Å²) in [5.41, 5.74) is 2.69. The van der Waals surface area contributed by atoms with Gasteiger partial charge >= 0.3 is 0 Å². The van der Waals surface area contributed by atoms with Gasteiger partial charge in [-0.15, -0.1) is 0 Å². The lowest BCUT2D eigenvalue weighted by Crippen LogP contribution is -2.05. The minimum atomic E-state index is -0.0617. The van der Waals surface area contributed by atoms with Crippen LogP contribution in [0.2, 0.25) is 0 Å². The molecule has 1 aromatic carbocycles. The van der Waals surface area contributed by atoms with Crippen molar-refractivity contribution >= 4 is 0 Å². The van der Waals surface area contributed by atoms with E-state index in [9.17, 15) is 5.11 Å². The first-order chi connectivity index (χ1) is 10.1. The maximum absolute atomic E-state index is 9.40. The van der Waals surface area contributed by atoms with Crippen LogP contribution in [0.1, 0.15) is 30.3 Å². The molecule has 0 saturated heterocycles. The first-order valence-electron chi connectivity index (χ1n) is 7.13. The second kappa shape index (κ2) is 7.13. The lowest BCUT2D eigenvalue weighted by molar-refractivity contribution is 0.253. The summed E-state index contributed by atoms with van der Waals surface area (Å²) >= 11 is 0. The zero-order valence-electron chi connectivity index (χ0n) is 12.8. The molecule has 5 heteroatoms. The van der Waals surface area contributed by atoms with Crippen molar-refractivity contribution in [3.05, 3.63) is 41.2 Å². The van der Waals surface area contributed by atoms with Crippen LogP contribution < -0.4 is 9.47 Å². The molecule has 0 atom stereocenters. The highest BCUT2D eigenvalue weighted by Gasteiger charge is 2.08. The molecule has 0 saturated carbocycles. The second-order valence-electron chi connectivity index (χ2n) is 4.97. The smallest absolute Gasteiger partial charge is 0.130 e. The average molecular weight is 290 g/mol. The van der Waals surface area contributed by atoms with Gasteiger partial charge in [-0.3, -0.25) is 4.68 Å². The molecule has 114 valence electrons. The Morgan fingerprint density at radius 1 is 1.24 bits per heavy atom. The van der Waals surface area contributed by atoms with E-state index in [2.05, 4.69) is 12.0 Å². The summed E-state index contributed by atoms with van der Waals surface area (Å²) < 4.78 is 13.2. The van der Waals surface area contributed by atoms with Gasteiger partial charge < -0.3 is 14.6 Å². The van der Waals surface area contributed by atoms with Gasteiger partial charge in [0, 0.05) is 18.7 Å². The van der Waals surface area contributed by atoms with E-state index < -0.39 is 0 Å². The van der Waals surface area contributed by atoms with E-state index in [4.69, 9.17) is 9.47 Å². The van der Waals surface area contributed by atoms with Gasteiger partial charge in [-0.25, -0.2) is 0 Å². The number of ether oxygens (including phenoxy) is 2. The van der Waals surface area contributed by atoms with E-state index in [1.54, 1.807) is 4.68 Å². The second-order valence-corrected chi connectivity index (χ2v) is 4.97. The van der Waals surface area contributed by atoms with Crippen LogP contribution in [-0.4, -0.2) is 21.5 Å². The highest BCUT2D eigenvalue weighted by molar-refractivity contribution is 5.40. The van der Waals surface area contributed by atoms with Gasteiger partial charge in [0.2, 0.25) is 0 Å². The van der Waals surface area contributed by atoms with Crippen molar-refractivity contribution in [1.82, 2.24) is 9.78 Å². The number of rotatable bonds is 7. The Morgan fingerprint density at radius 2 is 2.05 bits per heavy atom. The lowest BCUT2D eigenvalue weighted by atomic mass is 10.2. The molecule has 0 fully saturated rings. The molecule has 2 rings (SSSR count). The minimum Gasteiger partial charge on any atom is -0.493 e. The van der Waals surface area contributed by atoms with Gasteiger partial charge in [-0.05, 0) is 31.5 Å². The third-order valence-corrected chi connectivity index (χ3v) is 3.16. The molecule has 0 unspecified atom stereocenters. The Labute approximate surface area is 125 Å². The van der Waals surface area contributed by atoms with Crippen molar-refractivity contribution < 1.29 is 14.6 Å². The molecule has 5 nitrogen and oxygen atoms in total. The molecule has 21 heavy (non-hydrogen) atoms. The van der Waals surface area contributed by atoms with E-state index in [1.807, 2.05) is 38.2 Å². The average Bonchev–Trinajstić information content (AvgIpc) is 2.81.